The minimum absolute atomic E-state index is 0.355. The van der Waals surface area contributed by atoms with Crippen LogP contribution in [0.4, 0.5) is 0 Å². The molecule has 19 heavy (non-hydrogen) atoms. The molecule has 1 unspecified atom stereocenters. The third-order valence-corrected chi connectivity index (χ3v) is 4.44. The van der Waals surface area contributed by atoms with E-state index in [1.807, 2.05) is 0 Å². The van der Waals surface area contributed by atoms with Gasteiger partial charge in [0, 0.05) is 32.7 Å². The van der Waals surface area contributed by atoms with Gasteiger partial charge in [-0.15, -0.1) is 0 Å². The molecule has 4 nitrogen and oxygen atoms in total. The summed E-state index contributed by atoms with van der Waals surface area (Å²) in [5, 5.41) is 3.41. The number of nitrogens with zero attached hydrogens (tertiary/aromatic N) is 1. The van der Waals surface area contributed by atoms with Gasteiger partial charge in [0.05, 0.1) is 0 Å². The van der Waals surface area contributed by atoms with Crippen LogP contribution in [0.3, 0.4) is 0 Å². The Kier molecular flexibility index (Phi) is 6.11. The Hall–Kier alpha value is -0.610. The molecule has 110 valence electrons. The molecular weight excluding hydrogens is 240 g/mol. The van der Waals surface area contributed by atoms with Gasteiger partial charge in [0.25, 0.3) is 0 Å². The van der Waals surface area contributed by atoms with E-state index < -0.39 is 0 Å². The molecule has 2 heterocycles. The number of hydrogen-bond acceptors (Lipinski definition) is 3. The zero-order valence-electron chi connectivity index (χ0n) is 12.2. The molecule has 1 N–H and O–H groups in total. The second-order valence-corrected chi connectivity index (χ2v) is 5.90. The summed E-state index contributed by atoms with van der Waals surface area (Å²) in [6.45, 7) is 7.95. The van der Waals surface area contributed by atoms with Crippen LogP contribution in [0.15, 0.2) is 0 Å². The molecule has 1 atom stereocenters. The number of nitrogens with one attached hydrogen (secondary N) is 1. The van der Waals surface area contributed by atoms with Gasteiger partial charge in [0.2, 0.25) is 5.91 Å². The van der Waals surface area contributed by atoms with Crippen LogP contribution < -0.4 is 5.32 Å². The number of carbonyl (C=O) groups excluding carboxylic acids is 1. The fraction of sp³-hybridized carbons (Fsp3) is 0.933. The second-order valence-electron chi connectivity index (χ2n) is 5.90. The van der Waals surface area contributed by atoms with Gasteiger partial charge in [-0.25, -0.2) is 0 Å². The van der Waals surface area contributed by atoms with E-state index in [1.54, 1.807) is 0 Å². The van der Waals surface area contributed by atoms with Crippen LogP contribution in [0, 0.1) is 11.8 Å². The van der Waals surface area contributed by atoms with Gasteiger partial charge in [-0.2, -0.15) is 0 Å². The molecule has 0 radical (unpaired) electrons. The summed E-state index contributed by atoms with van der Waals surface area (Å²) < 4.78 is 5.35. The highest BCUT2D eigenvalue weighted by atomic mass is 16.5. The first-order valence-corrected chi connectivity index (χ1v) is 7.85. The third-order valence-electron chi connectivity index (χ3n) is 4.44. The SMILES string of the molecule is CCNCC1CCN(C(=O)CCC2CCOC2)CC1. The van der Waals surface area contributed by atoms with Gasteiger partial charge in [-0.3, -0.25) is 4.79 Å². The molecule has 0 spiro atoms. The van der Waals surface area contributed by atoms with Crippen LogP contribution in [-0.2, 0) is 9.53 Å². The van der Waals surface area contributed by atoms with Gasteiger partial charge in [-0.1, -0.05) is 6.92 Å². The Labute approximate surface area is 116 Å². The predicted octanol–water partition coefficient (Wildman–Crippen LogP) is 1.65. The molecular formula is C15H28N2O2. The van der Waals surface area contributed by atoms with Crippen molar-refractivity contribution >= 4 is 5.91 Å². The van der Waals surface area contributed by atoms with Crippen LogP contribution in [0.25, 0.3) is 0 Å². The maximum Gasteiger partial charge on any atom is 0.222 e. The summed E-state index contributed by atoms with van der Waals surface area (Å²) in [5.74, 6) is 1.73. The van der Waals surface area contributed by atoms with E-state index >= 15 is 0 Å². The van der Waals surface area contributed by atoms with Crippen molar-refractivity contribution in [3.8, 4) is 0 Å². The van der Waals surface area contributed by atoms with E-state index in [1.165, 1.54) is 0 Å². The lowest BCUT2D eigenvalue weighted by Gasteiger charge is -2.32. The normalized spacial score (nSPS) is 24.9. The van der Waals surface area contributed by atoms with Crippen molar-refractivity contribution in [1.29, 1.82) is 0 Å². The van der Waals surface area contributed by atoms with Crippen LogP contribution in [-0.4, -0.2) is 50.2 Å². The molecule has 1 amide bonds. The van der Waals surface area contributed by atoms with Crippen molar-refractivity contribution in [2.75, 3.05) is 39.4 Å². The van der Waals surface area contributed by atoms with Crippen molar-refractivity contribution in [2.24, 2.45) is 11.8 Å². The Balaban J connectivity index is 1.61. The molecule has 2 rings (SSSR count). The molecule has 0 aliphatic carbocycles. The molecule has 2 aliphatic heterocycles. The molecule has 0 bridgehead atoms. The van der Waals surface area contributed by atoms with E-state index in [-0.39, 0.29) is 0 Å². The van der Waals surface area contributed by atoms with Gasteiger partial charge < -0.3 is 15.0 Å². The molecule has 4 heteroatoms. The smallest absolute Gasteiger partial charge is 0.222 e. The van der Waals surface area contributed by atoms with Crippen molar-refractivity contribution in [1.82, 2.24) is 10.2 Å². The zero-order valence-corrected chi connectivity index (χ0v) is 12.2. The molecule has 2 saturated heterocycles. The topological polar surface area (TPSA) is 41.6 Å². The van der Waals surface area contributed by atoms with E-state index in [9.17, 15) is 4.79 Å². The Morgan fingerprint density at radius 1 is 1.26 bits per heavy atom. The second kappa shape index (κ2) is 7.85. The summed E-state index contributed by atoms with van der Waals surface area (Å²) in [4.78, 5) is 14.2. The van der Waals surface area contributed by atoms with Crippen LogP contribution >= 0.6 is 0 Å². The number of likely N-dealkylation sites (tertiary alicyclic amines) is 1. The zero-order chi connectivity index (χ0) is 13.5. The van der Waals surface area contributed by atoms with Crippen LogP contribution in [0.5, 0.6) is 0 Å². The first-order valence-electron chi connectivity index (χ1n) is 7.85. The highest BCUT2D eigenvalue weighted by molar-refractivity contribution is 5.76. The number of ether oxygens (including phenoxy) is 1. The summed E-state index contributed by atoms with van der Waals surface area (Å²) in [5.41, 5.74) is 0. The monoisotopic (exact) mass is 268 g/mol. The summed E-state index contributed by atoms with van der Waals surface area (Å²) >= 11 is 0. The van der Waals surface area contributed by atoms with Crippen molar-refractivity contribution in [3.63, 3.8) is 0 Å². The van der Waals surface area contributed by atoms with Gasteiger partial charge in [-0.05, 0) is 50.6 Å². The van der Waals surface area contributed by atoms with E-state index in [2.05, 4.69) is 17.1 Å². The Morgan fingerprint density at radius 3 is 2.68 bits per heavy atom. The van der Waals surface area contributed by atoms with Crippen molar-refractivity contribution in [2.45, 2.75) is 39.0 Å². The van der Waals surface area contributed by atoms with Gasteiger partial charge in [0.15, 0.2) is 0 Å². The maximum absolute atomic E-state index is 12.1. The van der Waals surface area contributed by atoms with Crippen LogP contribution in [0.2, 0.25) is 0 Å². The van der Waals surface area contributed by atoms with Crippen molar-refractivity contribution in [3.05, 3.63) is 0 Å². The minimum atomic E-state index is 0.355. The standard InChI is InChI=1S/C15H28N2O2/c1-2-16-11-13-5-8-17(9-6-13)15(18)4-3-14-7-10-19-12-14/h13-14,16H,2-12H2,1H3. The van der Waals surface area contributed by atoms with Crippen molar-refractivity contribution < 1.29 is 9.53 Å². The summed E-state index contributed by atoms with van der Waals surface area (Å²) in [6.07, 6.45) is 5.18. The lowest BCUT2D eigenvalue weighted by molar-refractivity contribution is -0.132. The lowest BCUT2D eigenvalue weighted by Crippen LogP contribution is -2.40. The maximum atomic E-state index is 12.1. The average Bonchev–Trinajstić information content (AvgIpc) is 2.96. The fourth-order valence-corrected chi connectivity index (χ4v) is 3.03. The Morgan fingerprint density at radius 2 is 2.05 bits per heavy atom. The number of hydrogen-bond donors (Lipinski definition) is 1. The third kappa shape index (κ3) is 4.77. The molecule has 0 aromatic heterocycles. The average molecular weight is 268 g/mol. The van der Waals surface area contributed by atoms with Crippen LogP contribution in [0.1, 0.15) is 39.0 Å². The fourth-order valence-electron chi connectivity index (χ4n) is 3.03. The highest BCUT2D eigenvalue weighted by Gasteiger charge is 2.23. The Bertz CT molecular complexity index is 269. The van der Waals surface area contributed by atoms with E-state index in [4.69, 9.17) is 4.74 Å². The number of piperidine rings is 1. The highest BCUT2D eigenvalue weighted by Crippen LogP contribution is 2.21. The number of carbonyl (C=O) groups is 1. The number of amides is 1. The largest absolute Gasteiger partial charge is 0.381 e. The summed E-state index contributed by atoms with van der Waals surface area (Å²) in [6, 6.07) is 0. The molecule has 0 aromatic carbocycles. The minimum Gasteiger partial charge on any atom is -0.381 e. The first-order chi connectivity index (χ1) is 9.29. The first kappa shape index (κ1) is 14.8. The molecule has 2 aliphatic rings. The van der Waals surface area contributed by atoms with Gasteiger partial charge in [0.1, 0.15) is 0 Å². The van der Waals surface area contributed by atoms with E-state index in [0.29, 0.717) is 18.2 Å². The molecule has 0 saturated carbocycles. The predicted molar refractivity (Wildman–Crippen MR) is 76.0 cm³/mol. The van der Waals surface area contributed by atoms with Gasteiger partial charge >= 0.3 is 0 Å². The molecule has 2 fully saturated rings. The number of rotatable bonds is 6. The van der Waals surface area contributed by atoms with E-state index in [0.717, 1.165) is 71.0 Å². The summed E-state index contributed by atoms with van der Waals surface area (Å²) in [7, 11) is 0. The quantitative estimate of drug-likeness (QED) is 0.796. The lowest BCUT2D eigenvalue weighted by atomic mass is 9.96. The molecule has 0 aromatic rings.